The molecule has 0 saturated carbocycles. The van der Waals surface area contributed by atoms with E-state index in [0.717, 1.165) is 60.0 Å². The predicted molar refractivity (Wildman–Crippen MR) is 150 cm³/mol. The number of aryl methyl sites for hydroxylation is 2. The summed E-state index contributed by atoms with van der Waals surface area (Å²) in [6.07, 6.45) is 4.12. The van der Waals surface area contributed by atoms with Gasteiger partial charge in [-0.15, -0.1) is 0 Å². The summed E-state index contributed by atoms with van der Waals surface area (Å²) < 4.78 is 11.6. The molecule has 1 aliphatic heterocycles. The molecule has 196 valence electrons. The van der Waals surface area contributed by atoms with Gasteiger partial charge in [-0.3, -0.25) is 4.79 Å². The zero-order valence-corrected chi connectivity index (χ0v) is 22.3. The fourth-order valence-corrected chi connectivity index (χ4v) is 4.73. The quantitative estimate of drug-likeness (QED) is 0.323. The smallest absolute Gasteiger partial charge is 0.253 e. The Morgan fingerprint density at radius 1 is 0.973 bits per heavy atom. The molecule has 37 heavy (non-hydrogen) atoms. The van der Waals surface area contributed by atoms with E-state index in [0.29, 0.717) is 19.1 Å². The number of anilines is 1. The second-order valence-corrected chi connectivity index (χ2v) is 9.46. The Balaban J connectivity index is 1.48. The summed E-state index contributed by atoms with van der Waals surface area (Å²) in [5.74, 6) is 2.47. The van der Waals surface area contributed by atoms with Crippen LogP contribution < -0.4 is 20.1 Å². The molecule has 1 heterocycles. The van der Waals surface area contributed by atoms with Crippen LogP contribution in [0.25, 0.3) is 0 Å². The molecule has 1 fully saturated rings. The molecule has 0 spiro atoms. The normalized spacial score (nSPS) is 14.8. The van der Waals surface area contributed by atoms with Crippen LogP contribution in [0.4, 0.5) is 5.69 Å². The van der Waals surface area contributed by atoms with E-state index < -0.39 is 0 Å². The maximum atomic E-state index is 12.8. The first-order valence-electron chi connectivity index (χ1n) is 13.4. The highest BCUT2D eigenvalue weighted by atomic mass is 16.5. The SMILES string of the molecule is CCN(CC)C(=O)c1cccc(CCc2ccc(NCC3CCCN3)c(Oc3ccc(OC)cc3)c2)c1. The number of hydrogen-bond acceptors (Lipinski definition) is 5. The van der Waals surface area contributed by atoms with Gasteiger partial charge < -0.3 is 25.0 Å². The zero-order chi connectivity index (χ0) is 26.0. The predicted octanol–water partition coefficient (Wildman–Crippen LogP) is 5.92. The first-order chi connectivity index (χ1) is 18.1. The van der Waals surface area contributed by atoms with Crippen LogP contribution in [0.1, 0.15) is 48.2 Å². The number of nitrogens with zero attached hydrogens (tertiary/aromatic N) is 1. The number of amides is 1. The molecule has 1 saturated heterocycles. The van der Waals surface area contributed by atoms with E-state index in [1.165, 1.54) is 18.4 Å². The molecule has 0 aromatic heterocycles. The summed E-state index contributed by atoms with van der Waals surface area (Å²) >= 11 is 0. The van der Waals surface area contributed by atoms with E-state index in [1.807, 2.05) is 61.2 Å². The monoisotopic (exact) mass is 501 g/mol. The van der Waals surface area contributed by atoms with Crippen LogP contribution >= 0.6 is 0 Å². The highest BCUT2D eigenvalue weighted by molar-refractivity contribution is 5.94. The maximum Gasteiger partial charge on any atom is 0.253 e. The van der Waals surface area contributed by atoms with Gasteiger partial charge in [-0.2, -0.15) is 0 Å². The lowest BCUT2D eigenvalue weighted by Crippen LogP contribution is -2.30. The van der Waals surface area contributed by atoms with Gasteiger partial charge in [0.15, 0.2) is 5.75 Å². The molecule has 6 heteroatoms. The highest BCUT2D eigenvalue weighted by Gasteiger charge is 2.16. The van der Waals surface area contributed by atoms with Crippen LogP contribution in [0.15, 0.2) is 66.7 Å². The molecule has 0 bridgehead atoms. The van der Waals surface area contributed by atoms with Crippen LogP contribution in [0.2, 0.25) is 0 Å². The largest absolute Gasteiger partial charge is 0.497 e. The van der Waals surface area contributed by atoms with Crippen molar-refractivity contribution >= 4 is 11.6 Å². The Morgan fingerprint density at radius 3 is 2.38 bits per heavy atom. The standard InChI is InChI=1S/C31H39N3O3/c1-4-34(5-2)31(35)25-9-6-8-23(20-25)11-12-24-13-18-29(33-22-26-10-7-19-32-26)30(21-24)37-28-16-14-27(36-3)15-17-28/h6,8-9,13-18,20-21,26,32-33H,4-5,7,10-12,19,22H2,1-3H3. The van der Waals surface area contributed by atoms with Crippen molar-refractivity contribution in [2.75, 3.05) is 38.6 Å². The third kappa shape index (κ3) is 7.26. The molecule has 3 aromatic carbocycles. The highest BCUT2D eigenvalue weighted by Crippen LogP contribution is 2.32. The summed E-state index contributed by atoms with van der Waals surface area (Å²) in [4.78, 5) is 14.6. The summed E-state index contributed by atoms with van der Waals surface area (Å²) in [7, 11) is 1.66. The Hall–Kier alpha value is -3.51. The van der Waals surface area contributed by atoms with Crippen LogP contribution in [-0.4, -0.2) is 50.1 Å². The van der Waals surface area contributed by atoms with E-state index in [2.05, 4.69) is 34.9 Å². The van der Waals surface area contributed by atoms with Crippen molar-refractivity contribution in [1.29, 1.82) is 0 Å². The van der Waals surface area contributed by atoms with Gasteiger partial charge in [-0.05, 0) is 106 Å². The Morgan fingerprint density at radius 2 is 1.70 bits per heavy atom. The summed E-state index contributed by atoms with van der Waals surface area (Å²) in [5.41, 5.74) is 4.09. The number of nitrogens with one attached hydrogen (secondary N) is 2. The minimum Gasteiger partial charge on any atom is -0.497 e. The lowest BCUT2D eigenvalue weighted by atomic mass is 10.0. The van der Waals surface area contributed by atoms with Crippen molar-refractivity contribution in [3.8, 4) is 17.2 Å². The van der Waals surface area contributed by atoms with Crippen molar-refractivity contribution in [3.05, 3.63) is 83.4 Å². The third-order valence-electron chi connectivity index (χ3n) is 6.96. The number of benzene rings is 3. The Bertz CT molecular complexity index is 1150. The molecule has 1 atom stereocenters. The van der Waals surface area contributed by atoms with E-state index in [9.17, 15) is 4.79 Å². The van der Waals surface area contributed by atoms with E-state index in [1.54, 1.807) is 7.11 Å². The van der Waals surface area contributed by atoms with Gasteiger partial charge in [0, 0.05) is 31.2 Å². The van der Waals surface area contributed by atoms with Gasteiger partial charge in [-0.25, -0.2) is 0 Å². The van der Waals surface area contributed by atoms with Gasteiger partial charge in [0.1, 0.15) is 11.5 Å². The lowest BCUT2D eigenvalue weighted by Gasteiger charge is -2.19. The van der Waals surface area contributed by atoms with Crippen LogP contribution in [0.5, 0.6) is 17.2 Å². The number of carbonyl (C=O) groups excluding carboxylic acids is 1. The second-order valence-electron chi connectivity index (χ2n) is 9.46. The van der Waals surface area contributed by atoms with Crippen LogP contribution in [0, 0.1) is 0 Å². The first kappa shape index (κ1) is 26.6. The molecular weight excluding hydrogens is 462 g/mol. The molecule has 1 amide bonds. The summed E-state index contributed by atoms with van der Waals surface area (Å²) in [6, 6.07) is 22.6. The number of rotatable bonds is 12. The van der Waals surface area contributed by atoms with Crippen molar-refractivity contribution in [1.82, 2.24) is 10.2 Å². The van der Waals surface area contributed by atoms with Gasteiger partial charge in [0.25, 0.3) is 5.91 Å². The minimum atomic E-state index is 0.0919. The molecule has 1 unspecified atom stereocenters. The number of hydrogen-bond donors (Lipinski definition) is 2. The van der Waals surface area contributed by atoms with E-state index in [4.69, 9.17) is 9.47 Å². The van der Waals surface area contributed by atoms with Gasteiger partial charge in [-0.1, -0.05) is 18.2 Å². The van der Waals surface area contributed by atoms with Crippen molar-refractivity contribution in [2.24, 2.45) is 0 Å². The van der Waals surface area contributed by atoms with Gasteiger partial charge in [0.05, 0.1) is 12.8 Å². The number of methoxy groups -OCH3 is 1. The average molecular weight is 502 g/mol. The van der Waals surface area contributed by atoms with E-state index >= 15 is 0 Å². The van der Waals surface area contributed by atoms with Crippen LogP contribution in [-0.2, 0) is 12.8 Å². The fourth-order valence-electron chi connectivity index (χ4n) is 4.73. The zero-order valence-electron chi connectivity index (χ0n) is 22.3. The molecular formula is C31H39N3O3. The van der Waals surface area contributed by atoms with Crippen LogP contribution in [0.3, 0.4) is 0 Å². The van der Waals surface area contributed by atoms with Crippen molar-refractivity contribution < 1.29 is 14.3 Å². The Labute approximate surface area is 221 Å². The minimum absolute atomic E-state index is 0.0919. The topological polar surface area (TPSA) is 62.8 Å². The fraction of sp³-hybridized carbons (Fsp3) is 0.387. The van der Waals surface area contributed by atoms with E-state index in [-0.39, 0.29) is 5.91 Å². The molecule has 1 aliphatic rings. The van der Waals surface area contributed by atoms with Gasteiger partial charge in [0.2, 0.25) is 0 Å². The van der Waals surface area contributed by atoms with Gasteiger partial charge >= 0.3 is 0 Å². The number of carbonyl (C=O) groups is 1. The molecule has 2 N–H and O–H groups in total. The molecule has 6 nitrogen and oxygen atoms in total. The molecule has 0 aliphatic carbocycles. The Kier molecular flexibility index (Phi) is 9.44. The van der Waals surface area contributed by atoms with Crippen molar-refractivity contribution in [3.63, 3.8) is 0 Å². The first-order valence-corrected chi connectivity index (χ1v) is 13.4. The van der Waals surface area contributed by atoms with Crippen molar-refractivity contribution in [2.45, 2.75) is 45.6 Å². The second kappa shape index (κ2) is 13.2. The maximum absolute atomic E-state index is 12.8. The molecule has 4 rings (SSSR count). The average Bonchev–Trinajstić information content (AvgIpc) is 3.46. The summed E-state index contributed by atoms with van der Waals surface area (Å²) in [5, 5.41) is 7.13. The summed E-state index contributed by atoms with van der Waals surface area (Å²) in [6.45, 7) is 7.41. The lowest BCUT2D eigenvalue weighted by molar-refractivity contribution is 0.0773. The third-order valence-corrected chi connectivity index (χ3v) is 6.96. The molecule has 3 aromatic rings. The molecule has 0 radical (unpaired) electrons. The number of ether oxygens (including phenoxy) is 2.